The molecule has 126 valence electrons. The number of nitrogens with zero attached hydrogens (tertiary/aromatic N) is 1. The Kier molecular flexibility index (Phi) is 3.98. The fourth-order valence-electron chi connectivity index (χ4n) is 3.05. The number of carbonyl (C=O) groups excluding carboxylic acids is 2. The van der Waals surface area contributed by atoms with Crippen LogP contribution in [0.1, 0.15) is 24.4 Å². The third-order valence-electron chi connectivity index (χ3n) is 4.33. The Morgan fingerprint density at radius 1 is 1.29 bits per heavy atom. The van der Waals surface area contributed by atoms with Crippen LogP contribution in [0.4, 0.5) is 0 Å². The number of β-lactam (4-membered cyclic amide) rings is 1. The van der Waals surface area contributed by atoms with Gasteiger partial charge in [0.1, 0.15) is 23.5 Å². The van der Waals surface area contributed by atoms with Crippen LogP contribution in [0.2, 0.25) is 0 Å². The summed E-state index contributed by atoms with van der Waals surface area (Å²) >= 11 is 0. The number of aliphatic carboxylic acids is 1. The number of hydrogen-bond donors (Lipinski definition) is 4. The van der Waals surface area contributed by atoms with E-state index in [4.69, 9.17) is 10.8 Å². The normalized spacial score (nSPS) is 23.6. The number of phenols is 1. The molecule has 0 radical (unpaired) electrons. The van der Waals surface area contributed by atoms with Crippen LogP contribution in [0.3, 0.4) is 0 Å². The average Bonchev–Trinajstić information content (AvgIpc) is 2.58. The van der Waals surface area contributed by atoms with Gasteiger partial charge >= 0.3 is 5.97 Å². The smallest absolute Gasteiger partial charge is 0.352 e. The number of amides is 2. The molecule has 0 aliphatic carbocycles. The lowest BCUT2D eigenvalue weighted by molar-refractivity contribution is -0.155. The van der Waals surface area contributed by atoms with E-state index in [1.54, 1.807) is 0 Å². The van der Waals surface area contributed by atoms with E-state index >= 15 is 0 Å². The summed E-state index contributed by atoms with van der Waals surface area (Å²) in [5, 5.41) is 21.0. The molecular formula is C16H17N3O5. The highest BCUT2D eigenvalue weighted by molar-refractivity contribution is 6.01. The first-order valence-electron chi connectivity index (χ1n) is 7.51. The van der Waals surface area contributed by atoms with Crippen molar-refractivity contribution < 1.29 is 24.6 Å². The number of aromatic hydroxyl groups is 1. The highest BCUT2D eigenvalue weighted by Crippen LogP contribution is 2.33. The molecule has 1 aromatic carbocycles. The summed E-state index contributed by atoms with van der Waals surface area (Å²) in [6.45, 7) is 0. The van der Waals surface area contributed by atoms with Crippen molar-refractivity contribution in [3.05, 3.63) is 41.6 Å². The molecule has 8 nitrogen and oxygen atoms in total. The van der Waals surface area contributed by atoms with Crippen LogP contribution in [-0.4, -0.2) is 45.0 Å². The number of nitrogens with two attached hydrogens (primary N) is 1. The monoisotopic (exact) mass is 331 g/mol. The third kappa shape index (κ3) is 2.61. The zero-order chi connectivity index (χ0) is 17.4. The van der Waals surface area contributed by atoms with E-state index in [-0.39, 0.29) is 17.5 Å². The lowest BCUT2D eigenvalue weighted by Gasteiger charge is -2.49. The largest absolute Gasteiger partial charge is 0.508 e. The SMILES string of the molecule is N[C@@H](C(=O)NC1C(=O)N2C(C(=O)O)=CCCC12)c1ccc(O)cc1. The number of benzene rings is 1. The molecule has 3 atom stereocenters. The van der Waals surface area contributed by atoms with Crippen molar-refractivity contribution in [2.45, 2.75) is 31.0 Å². The van der Waals surface area contributed by atoms with Gasteiger partial charge in [-0.2, -0.15) is 0 Å². The van der Waals surface area contributed by atoms with Crippen molar-refractivity contribution in [2.75, 3.05) is 0 Å². The number of allylic oxidation sites excluding steroid dienone is 1. The maximum atomic E-state index is 12.3. The summed E-state index contributed by atoms with van der Waals surface area (Å²) in [5.74, 6) is -2.06. The summed E-state index contributed by atoms with van der Waals surface area (Å²) < 4.78 is 0. The van der Waals surface area contributed by atoms with Crippen LogP contribution in [0.15, 0.2) is 36.0 Å². The van der Waals surface area contributed by atoms with Gasteiger partial charge in [-0.05, 0) is 30.5 Å². The Morgan fingerprint density at radius 3 is 2.58 bits per heavy atom. The van der Waals surface area contributed by atoms with Crippen LogP contribution >= 0.6 is 0 Å². The molecule has 5 N–H and O–H groups in total. The van der Waals surface area contributed by atoms with Gasteiger partial charge in [-0.1, -0.05) is 18.2 Å². The third-order valence-corrected chi connectivity index (χ3v) is 4.33. The Bertz CT molecular complexity index is 728. The number of phenolic OH excluding ortho intramolecular Hbond substituents is 1. The molecule has 2 aliphatic rings. The maximum absolute atomic E-state index is 12.3. The molecule has 1 aromatic rings. The molecule has 0 bridgehead atoms. The summed E-state index contributed by atoms with van der Waals surface area (Å²) in [4.78, 5) is 36.8. The van der Waals surface area contributed by atoms with E-state index in [0.29, 0.717) is 18.4 Å². The van der Waals surface area contributed by atoms with E-state index in [0.717, 1.165) is 0 Å². The van der Waals surface area contributed by atoms with E-state index in [1.807, 2.05) is 0 Å². The molecule has 1 saturated heterocycles. The Balaban J connectivity index is 1.68. The predicted molar refractivity (Wildman–Crippen MR) is 82.6 cm³/mol. The molecule has 8 heteroatoms. The van der Waals surface area contributed by atoms with Gasteiger partial charge in [-0.25, -0.2) is 4.79 Å². The fourth-order valence-corrected chi connectivity index (χ4v) is 3.05. The second-order valence-corrected chi connectivity index (χ2v) is 5.80. The summed E-state index contributed by atoms with van der Waals surface area (Å²) in [5.41, 5.74) is 6.35. The number of nitrogens with one attached hydrogen (secondary N) is 1. The minimum atomic E-state index is -1.15. The molecule has 0 spiro atoms. The van der Waals surface area contributed by atoms with Gasteiger partial charge in [0.15, 0.2) is 0 Å². The van der Waals surface area contributed by atoms with Crippen molar-refractivity contribution in [3.8, 4) is 5.75 Å². The van der Waals surface area contributed by atoms with Gasteiger partial charge < -0.3 is 21.3 Å². The molecular weight excluding hydrogens is 314 g/mol. The molecule has 1 fully saturated rings. The van der Waals surface area contributed by atoms with E-state index in [9.17, 15) is 19.5 Å². The van der Waals surface area contributed by atoms with Gasteiger partial charge in [0.2, 0.25) is 5.91 Å². The van der Waals surface area contributed by atoms with Gasteiger partial charge in [-0.15, -0.1) is 0 Å². The zero-order valence-corrected chi connectivity index (χ0v) is 12.7. The predicted octanol–water partition coefficient (Wildman–Crippen LogP) is -0.150. The van der Waals surface area contributed by atoms with Crippen molar-refractivity contribution in [3.63, 3.8) is 0 Å². The first kappa shape index (κ1) is 16.0. The fraction of sp³-hybridized carbons (Fsp3) is 0.312. The second kappa shape index (κ2) is 5.97. The summed E-state index contributed by atoms with van der Waals surface area (Å²) in [6, 6.07) is 3.80. The molecule has 0 saturated carbocycles. The molecule has 0 aromatic heterocycles. The van der Waals surface area contributed by atoms with Crippen LogP contribution in [0.25, 0.3) is 0 Å². The number of carbonyl (C=O) groups is 3. The second-order valence-electron chi connectivity index (χ2n) is 5.80. The molecule has 3 rings (SSSR count). The van der Waals surface area contributed by atoms with Gasteiger partial charge in [-0.3, -0.25) is 14.5 Å². The minimum Gasteiger partial charge on any atom is -0.508 e. The first-order chi connectivity index (χ1) is 11.4. The maximum Gasteiger partial charge on any atom is 0.352 e. The molecule has 2 aliphatic heterocycles. The molecule has 2 unspecified atom stereocenters. The number of rotatable bonds is 4. The summed E-state index contributed by atoms with van der Waals surface area (Å²) in [7, 11) is 0. The minimum absolute atomic E-state index is 0.0374. The summed E-state index contributed by atoms with van der Waals surface area (Å²) in [6.07, 6.45) is 2.63. The Labute approximate surface area is 137 Å². The van der Waals surface area contributed by atoms with E-state index in [1.165, 1.54) is 35.2 Å². The molecule has 2 heterocycles. The number of fused-ring (bicyclic) bond motifs is 1. The van der Waals surface area contributed by atoms with E-state index in [2.05, 4.69) is 5.32 Å². The standard InChI is InChI=1S/C16H17N3O5/c17-12(8-4-6-9(20)7-5-8)14(21)18-13-10-2-1-3-11(16(23)24)19(10)15(13)22/h3-7,10,12-13,20H,1-2,17H2,(H,18,21)(H,23,24)/t10?,12-,13?/m1/s1. The number of hydrogen-bond acceptors (Lipinski definition) is 5. The zero-order valence-electron chi connectivity index (χ0n) is 12.7. The van der Waals surface area contributed by atoms with E-state index < -0.39 is 29.9 Å². The Hall–Kier alpha value is -2.87. The highest BCUT2D eigenvalue weighted by Gasteiger charge is 2.52. The van der Waals surface area contributed by atoms with Crippen molar-refractivity contribution in [1.29, 1.82) is 0 Å². The lowest BCUT2D eigenvalue weighted by Crippen LogP contribution is -2.71. The van der Waals surface area contributed by atoms with Crippen molar-refractivity contribution in [1.82, 2.24) is 10.2 Å². The van der Waals surface area contributed by atoms with Crippen molar-refractivity contribution in [2.24, 2.45) is 5.73 Å². The van der Waals surface area contributed by atoms with Gasteiger partial charge in [0.05, 0.1) is 6.04 Å². The van der Waals surface area contributed by atoms with Crippen LogP contribution in [0, 0.1) is 0 Å². The lowest BCUT2D eigenvalue weighted by atomic mass is 9.86. The van der Waals surface area contributed by atoms with Gasteiger partial charge in [0.25, 0.3) is 5.91 Å². The Morgan fingerprint density at radius 2 is 1.96 bits per heavy atom. The van der Waals surface area contributed by atoms with Crippen LogP contribution in [0.5, 0.6) is 5.75 Å². The van der Waals surface area contributed by atoms with Crippen molar-refractivity contribution >= 4 is 17.8 Å². The molecule has 24 heavy (non-hydrogen) atoms. The van der Waals surface area contributed by atoms with Crippen LogP contribution in [-0.2, 0) is 14.4 Å². The highest BCUT2D eigenvalue weighted by atomic mass is 16.4. The number of carboxylic acid groups (broad SMARTS) is 1. The average molecular weight is 331 g/mol. The topological polar surface area (TPSA) is 133 Å². The number of carboxylic acids is 1. The molecule has 2 amide bonds. The quantitative estimate of drug-likeness (QED) is 0.567. The van der Waals surface area contributed by atoms with Crippen LogP contribution < -0.4 is 11.1 Å². The first-order valence-corrected chi connectivity index (χ1v) is 7.51. The van der Waals surface area contributed by atoms with Gasteiger partial charge in [0, 0.05) is 0 Å².